The lowest BCUT2D eigenvalue weighted by molar-refractivity contribution is -0.114. The van der Waals surface area contributed by atoms with Crippen LogP contribution in [0.3, 0.4) is 0 Å². The maximum atomic E-state index is 13.4. The minimum Gasteiger partial charge on any atom is -0.374 e. The number of carbonyl (C=O) groups excluding carboxylic acids is 1. The summed E-state index contributed by atoms with van der Waals surface area (Å²) >= 11 is 0. The van der Waals surface area contributed by atoms with Crippen molar-refractivity contribution in [2.24, 2.45) is 0 Å². The highest BCUT2D eigenvalue weighted by atomic mass is 19.2. The molecule has 0 unspecified atom stereocenters. The smallest absolute Gasteiger partial charge is 0.243 e. The molecule has 0 bridgehead atoms. The van der Waals surface area contributed by atoms with E-state index >= 15 is 0 Å². The van der Waals surface area contributed by atoms with Crippen molar-refractivity contribution < 1.29 is 18.0 Å². The Kier molecular flexibility index (Phi) is 4.47. The first-order valence-corrected chi connectivity index (χ1v) is 6.21. The Bertz CT molecular complexity index is 674. The number of halogens is 3. The zero-order valence-corrected chi connectivity index (χ0v) is 11.2. The van der Waals surface area contributed by atoms with E-state index < -0.39 is 23.4 Å². The van der Waals surface area contributed by atoms with E-state index in [-0.39, 0.29) is 12.2 Å². The van der Waals surface area contributed by atoms with Gasteiger partial charge in [0.1, 0.15) is 5.82 Å². The third-order valence-electron chi connectivity index (χ3n) is 2.87. The standard InChI is InChI=1S/C15H13F3N2O/c1-9-4-2-3-5-13(9)20-15(21)8-19-14-7-11(17)10(16)6-12(14)18/h2-7,19H,8H2,1H3,(H,20,21). The zero-order valence-electron chi connectivity index (χ0n) is 11.2. The summed E-state index contributed by atoms with van der Waals surface area (Å²) in [6, 6.07) is 8.26. The van der Waals surface area contributed by atoms with Gasteiger partial charge in [0.05, 0.1) is 12.2 Å². The second kappa shape index (κ2) is 6.30. The van der Waals surface area contributed by atoms with E-state index in [1.54, 1.807) is 12.1 Å². The van der Waals surface area contributed by atoms with Crippen molar-refractivity contribution in [2.75, 3.05) is 17.2 Å². The molecule has 0 atom stereocenters. The van der Waals surface area contributed by atoms with Gasteiger partial charge in [-0.15, -0.1) is 0 Å². The first kappa shape index (κ1) is 14.9. The molecule has 0 radical (unpaired) electrons. The maximum Gasteiger partial charge on any atom is 0.243 e. The molecule has 0 spiro atoms. The van der Waals surface area contributed by atoms with Gasteiger partial charge in [0.25, 0.3) is 0 Å². The summed E-state index contributed by atoms with van der Waals surface area (Å²) < 4.78 is 39.1. The Morgan fingerprint density at radius 3 is 2.38 bits per heavy atom. The van der Waals surface area contributed by atoms with E-state index in [1.165, 1.54) is 0 Å². The molecule has 3 nitrogen and oxygen atoms in total. The largest absolute Gasteiger partial charge is 0.374 e. The molecule has 6 heteroatoms. The maximum absolute atomic E-state index is 13.4. The van der Waals surface area contributed by atoms with Gasteiger partial charge >= 0.3 is 0 Å². The van der Waals surface area contributed by atoms with Crippen LogP contribution in [-0.2, 0) is 4.79 Å². The second-order valence-corrected chi connectivity index (χ2v) is 4.46. The van der Waals surface area contributed by atoms with Crippen LogP contribution in [0.15, 0.2) is 36.4 Å². The van der Waals surface area contributed by atoms with Gasteiger partial charge in [-0.25, -0.2) is 13.2 Å². The van der Waals surface area contributed by atoms with Gasteiger partial charge in [0.2, 0.25) is 5.91 Å². The van der Waals surface area contributed by atoms with Crippen molar-refractivity contribution in [3.8, 4) is 0 Å². The lowest BCUT2D eigenvalue weighted by Gasteiger charge is -2.10. The van der Waals surface area contributed by atoms with Gasteiger partial charge in [-0.2, -0.15) is 0 Å². The summed E-state index contributed by atoms with van der Waals surface area (Å²) in [5.41, 5.74) is 1.24. The summed E-state index contributed by atoms with van der Waals surface area (Å²) in [5, 5.41) is 5.06. The Morgan fingerprint density at radius 2 is 1.67 bits per heavy atom. The van der Waals surface area contributed by atoms with Gasteiger partial charge in [0.15, 0.2) is 11.6 Å². The fourth-order valence-electron chi connectivity index (χ4n) is 1.74. The van der Waals surface area contributed by atoms with Crippen LogP contribution in [0.4, 0.5) is 24.5 Å². The Balaban J connectivity index is 1.99. The number of benzene rings is 2. The SMILES string of the molecule is Cc1ccccc1NC(=O)CNc1cc(F)c(F)cc1F. The molecule has 0 heterocycles. The highest BCUT2D eigenvalue weighted by Gasteiger charge is 2.11. The van der Waals surface area contributed by atoms with Gasteiger partial charge in [-0.1, -0.05) is 18.2 Å². The van der Waals surface area contributed by atoms with Crippen LogP contribution >= 0.6 is 0 Å². The number of anilines is 2. The Morgan fingerprint density at radius 1 is 1.00 bits per heavy atom. The molecule has 2 rings (SSSR count). The van der Waals surface area contributed by atoms with E-state index in [1.807, 2.05) is 19.1 Å². The van der Waals surface area contributed by atoms with Crippen molar-refractivity contribution in [3.63, 3.8) is 0 Å². The molecule has 0 saturated carbocycles. The third kappa shape index (κ3) is 3.75. The normalized spacial score (nSPS) is 10.3. The number of rotatable bonds is 4. The number of hydrogen-bond donors (Lipinski definition) is 2. The predicted octanol–water partition coefficient (Wildman–Crippen LogP) is 3.46. The highest BCUT2D eigenvalue weighted by molar-refractivity contribution is 5.94. The number of para-hydroxylation sites is 1. The molecule has 0 fully saturated rings. The summed E-state index contributed by atoms with van der Waals surface area (Å²) in [5.74, 6) is -3.84. The van der Waals surface area contributed by atoms with Gasteiger partial charge < -0.3 is 10.6 Å². The average molecular weight is 294 g/mol. The molecular weight excluding hydrogens is 281 g/mol. The summed E-state index contributed by atoms with van der Waals surface area (Å²) in [7, 11) is 0. The lowest BCUT2D eigenvalue weighted by Crippen LogP contribution is -2.22. The van der Waals surface area contributed by atoms with E-state index in [0.29, 0.717) is 17.8 Å². The van der Waals surface area contributed by atoms with E-state index in [0.717, 1.165) is 5.56 Å². The molecule has 0 aliphatic heterocycles. The fourth-order valence-corrected chi connectivity index (χ4v) is 1.74. The summed E-state index contributed by atoms with van der Waals surface area (Å²) in [6.07, 6.45) is 0. The first-order valence-electron chi connectivity index (χ1n) is 6.21. The van der Waals surface area contributed by atoms with Gasteiger partial charge in [-0.3, -0.25) is 4.79 Å². The van der Waals surface area contributed by atoms with Crippen molar-refractivity contribution in [1.82, 2.24) is 0 Å². The van der Waals surface area contributed by atoms with Crippen LogP contribution in [0.1, 0.15) is 5.56 Å². The number of amides is 1. The highest BCUT2D eigenvalue weighted by Crippen LogP contribution is 2.18. The fraction of sp³-hybridized carbons (Fsp3) is 0.133. The molecule has 0 aromatic heterocycles. The molecular formula is C15H13F3N2O. The quantitative estimate of drug-likeness (QED) is 0.848. The minimum atomic E-state index is -1.28. The van der Waals surface area contributed by atoms with E-state index in [4.69, 9.17) is 0 Å². The van der Waals surface area contributed by atoms with Crippen LogP contribution in [0.2, 0.25) is 0 Å². The second-order valence-electron chi connectivity index (χ2n) is 4.46. The molecule has 0 aliphatic rings. The molecule has 2 N–H and O–H groups in total. The lowest BCUT2D eigenvalue weighted by atomic mass is 10.2. The topological polar surface area (TPSA) is 41.1 Å². The van der Waals surface area contributed by atoms with Crippen molar-refractivity contribution in [3.05, 3.63) is 59.4 Å². The number of aryl methyl sites for hydroxylation is 1. The predicted molar refractivity (Wildman–Crippen MR) is 74.6 cm³/mol. The Labute approximate surface area is 119 Å². The van der Waals surface area contributed by atoms with Crippen LogP contribution in [-0.4, -0.2) is 12.5 Å². The van der Waals surface area contributed by atoms with Crippen LogP contribution in [0.25, 0.3) is 0 Å². The molecule has 21 heavy (non-hydrogen) atoms. The molecule has 0 aliphatic carbocycles. The van der Waals surface area contributed by atoms with E-state index in [2.05, 4.69) is 10.6 Å². The zero-order chi connectivity index (χ0) is 15.4. The third-order valence-corrected chi connectivity index (χ3v) is 2.87. The van der Waals surface area contributed by atoms with Crippen molar-refractivity contribution in [1.29, 1.82) is 0 Å². The Hall–Kier alpha value is -2.50. The molecule has 2 aromatic rings. The van der Waals surface area contributed by atoms with Gasteiger partial charge in [-0.05, 0) is 18.6 Å². The number of carbonyl (C=O) groups is 1. The monoisotopic (exact) mass is 294 g/mol. The van der Waals surface area contributed by atoms with Crippen LogP contribution in [0.5, 0.6) is 0 Å². The van der Waals surface area contributed by atoms with Crippen molar-refractivity contribution >= 4 is 17.3 Å². The molecule has 2 aromatic carbocycles. The molecule has 0 saturated heterocycles. The number of hydrogen-bond acceptors (Lipinski definition) is 2. The minimum absolute atomic E-state index is 0.268. The molecule has 110 valence electrons. The van der Waals surface area contributed by atoms with Crippen LogP contribution < -0.4 is 10.6 Å². The van der Waals surface area contributed by atoms with Crippen LogP contribution in [0, 0.1) is 24.4 Å². The average Bonchev–Trinajstić information content (AvgIpc) is 2.44. The van der Waals surface area contributed by atoms with Gasteiger partial charge in [0, 0.05) is 17.8 Å². The molecule has 1 amide bonds. The van der Waals surface area contributed by atoms with E-state index in [9.17, 15) is 18.0 Å². The first-order chi connectivity index (χ1) is 9.97. The summed E-state index contributed by atoms with van der Waals surface area (Å²) in [4.78, 5) is 11.7. The number of nitrogens with one attached hydrogen (secondary N) is 2. The summed E-state index contributed by atoms with van der Waals surface area (Å²) in [6.45, 7) is 1.56. The van der Waals surface area contributed by atoms with Crippen molar-refractivity contribution in [2.45, 2.75) is 6.92 Å².